The van der Waals surface area contributed by atoms with Crippen molar-refractivity contribution in [1.82, 2.24) is 9.80 Å². The highest BCUT2D eigenvalue weighted by atomic mass is 16.2. The van der Waals surface area contributed by atoms with Crippen LogP contribution in [0.2, 0.25) is 0 Å². The Labute approximate surface area is 149 Å². The second-order valence-corrected chi connectivity index (χ2v) is 6.96. The van der Waals surface area contributed by atoms with Gasteiger partial charge >= 0.3 is 0 Å². The van der Waals surface area contributed by atoms with Crippen LogP contribution in [-0.2, 0) is 17.8 Å². The summed E-state index contributed by atoms with van der Waals surface area (Å²) < 4.78 is 0. The summed E-state index contributed by atoms with van der Waals surface area (Å²) in [5, 5.41) is 0. The largest absolute Gasteiger partial charge is 0.338 e. The lowest BCUT2D eigenvalue weighted by molar-refractivity contribution is -0.125. The van der Waals surface area contributed by atoms with Crippen LogP contribution in [0.5, 0.6) is 0 Å². The van der Waals surface area contributed by atoms with Crippen molar-refractivity contribution < 1.29 is 4.79 Å². The lowest BCUT2D eigenvalue weighted by atomic mass is 9.98. The Morgan fingerprint density at radius 2 is 1.72 bits per heavy atom. The van der Waals surface area contributed by atoms with Crippen LogP contribution in [0.4, 0.5) is 0 Å². The molecular formula is C22H24N2O. The normalized spacial score (nSPS) is 20.8. The van der Waals surface area contributed by atoms with Crippen LogP contribution in [0.15, 0.2) is 60.7 Å². The summed E-state index contributed by atoms with van der Waals surface area (Å²) >= 11 is 0. The number of hydrogen-bond donors (Lipinski definition) is 0. The van der Waals surface area contributed by atoms with Crippen LogP contribution in [0.1, 0.15) is 23.1 Å². The number of likely N-dealkylation sites (tertiary alicyclic amines) is 1. The zero-order valence-electron chi connectivity index (χ0n) is 14.5. The van der Waals surface area contributed by atoms with E-state index in [9.17, 15) is 4.79 Å². The summed E-state index contributed by atoms with van der Waals surface area (Å²) in [4.78, 5) is 17.0. The van der Waals surface area contributed by atoms with Gasteiger partial charge in [-0.05, 0) is 35.6 Å². The standard InChI is InChI=1S/C22H24N2O/c25-22(11-10-18-6-2-1-3-7-18)24-15-13-21(17-24)23-14-12-19-8-4-5-9-20(19)16-23/h1-11,21H,12-17H2. The molecule has 0 aromatic heterocycles. The molecular weight excluding hydrogens is 308 g/mol. The third kappa shape index (κ3) is 3.67. The number of nitrogens with zero attached hydrogens (tertiary/aromatic N) is 2. The van der Waals surface area contributed by atoms with Crippen molar-refractivity contribution in [2.45, 2.75) is 25.4 Å². The predicted octanol–water partition coefficient (Wildman–Crippen LogP) is 3.36. The molecule has 0 N–H and O–H groups in total. The van der Waals surface area contributed by atoms with Crippen LogP contribution in [0, 0.1) is 0 Å². The molecule has 0 saturated carbocycles. The molecule has 2 aliphatic heterocycles. The molecule has 1 unspecified atom stereocenters. The average molecular weight is 332 g/mol. The molecule has 0 radical (unpaired) electrons. The zero-order valence-corrected chi connectivity index (χ0v) is 14.5. The molecule has 4 rings (SSSR count). The lowest BCUT2D eigenvalue weighted by Crippen LogP contribution is -2.41. The lowest BCUT2D eigenvalue weighted by Gasteiger charge is -2.33. The molecule has 1 saturated heterocycles. The molecule has 128 valence electrons. The monoisotopic (exact) mass is 332 g/mol. The van der Waals surface area contributed by atoms with Gasteiger partial charge < -0.3 is 4.90 Å². The van der Waals surface area contributed by atoms with Gasteiger partial charge in [-0.3, -0.25) is 9.69 Å². The molecule has 2 aliphatic rings. The van der Waals surface area contributed by atoms with E-state index < -0.39 is 0 Å². The van der Waals surface area contributed by atoms with Crippen molar-refractivity contribution in [3.8, 4) is 0 Å². The molecule has 3 nitrogen and oxygen atoms in total. The maximum absolute atomic E-state index is 12.5. The number of fused-ring (bicyclic) bond motifs is 1. The fraction of sp³-hybridized carbons (Fsp3) is 0.318. The molecule has 25 heavy (non-hydrogen) atoms. The van der Waals surface area contributed by atoms with Crippen molar-refractivity contribution >= 4 is 12.0 Å². The smallest absolute Gasteiger partial charge is 0.246 e. The van der Waals surface area contributed by atoms with E-state index in [1.165, 1.54) is 11.1 Å². The quantitative estimate of drug-likeness (QED) is 0.805. The van der Waals surface area contributed by atoms with Gasteiger partial charge in [-0.25, -0.2) is 0 Å². The number of amides is 1. The molecule has 1 fully saturated rings. The summed E-state index contributed by atoms with van der Waals surface area (Å²) in [7, 11) is 0. The highest BCUT2D eigenvalue weighted by Gasteiger charge is 2.31. The maximum Gasteiger partial charge on any atom is 0.246 e. The highest BCUT2D eigenvalue weighted by molar-refractivity contribution is 5.92. The number of carbonyl (C=O) groups excluding carboxylic acids is 1. The van der Waals surface area contributed by atoms with Crippen molar-refractivity contribution in [2.24, 2.45) is 0 Å². The van der Waals surface area contributed by atoms with Crippen LogP contribution in [0.25, 0.3) is 6.08 Å². The summed E-state index contributed by atoms with van der Waals surface area (Å²) in [6.07, 6.45) is 5.82. The first-order valence-corrected chi connectivity index (χ1v) is 9.12. The summed E-state index contributed by atoms with van der Waals surface area (Å²) in [6, 6.07) is 19.2. The molecule has 0 bridgehead atoms. The van der Waals surface area contributed by atoms with Gasteiger partial charge in [-0.15, -0.1) is 0 Å². The molecule has 2 aromatic carbocycles. The Morgan fingerprint density at radius 1 is 0.960 bits per heavy atom. The minimum atomic E-state index is 0.128. The van der Waals surface area contributed by atoms with Crippen LogP contribution in [0.3, 0.4) is 0 Å². The van der Waals surface area contributed by atoms with E-state index in [0.29, 0.717) is 6.04 Å². The second-order valence-electron chi connectivity index (χ2n) is 6.96. The van der Waals surface area contributed by atoms with E-state index in [-0.39, 0.29) is 5.91 Å². The van der Waals surface area contributed by atoms with Gasteiger partial charge in [-0.1, -0.05) is 54.6 Å². The first kappa shape index (κ1) is 16.1. The van der Waals surface area contributed by atoms with Gasteiger partial charge in [0.05, 0.1) is 0 Å². The average Bonchev–Trinajstić information content (AvgIpc) is 3.17. The van der Waals surface area contributed by atoms with Gasteiger partial charge in [0.2, 0.25) is 5.91 Å². The van der Waals surface area contributed by atoms with Crippen LogP contribution in [-0.4, -0.2) is 41.4 Å². The highest BCUT2D eigenvalue weighted by Crippen LogP contribution is 2.24. The van der Waals surface area contributed by atoms with Crippen LogP contribution >= 0.6 is 0 Å². The van der Waals surface area contributed by atoms with E-state index in [1.807, 2.05) is 41.3 Å². The molecule has 2 heterocycles. The first-order chi connectivity index (χ1) is 12.3. The van der Waals surface area contributed by atoms with E-state index >= 15 is 0 Å². The van der Waals surface area contributed by atoms with E-state index in [0.717, 1.165) is 44.6 Å². The molecule has 0 spiro atoms. The Bertz CT molecular complexity index is 769. The minimum absolute atomic E-state index is 0.128. The summed E-state index contributed by atoms with van der Waals surface area (Å²) in [6.45, 7) is 3.83. The fourth-order valence-corrected chi connectivity index (χ4v) is 3.91. The number of hydrogen-bond acceptors (Lipinski definition) is 2. The van der Waals surface area contributed by atoms with Gasteiger partial charge in [0.1, 0.15) is 0 Å². The third-order valence-corrected chi connectivity index (χ3v) is 5.37. The van der Waals surface area contributed by atoms with Crippen molar-refractivity contribution in [1.29, 1.82) is 0 Å². The molecule has 3 heteroatoms. The number of carbonyl (C=O) groups is 1. The zero-order chi connectivity index (χ0) is 17.1. The third-order valence-electron chi connectivity index (χ3n) is 5.37. The SMILES string of the molecule is O=C(C=Cc1ccccc1)N1CCC(N2CCc3ccccc3C2)C1. The van der Waals surface area contributed by atoms with Crippen LogP contribution < -0.4 is 0 Å². The van der Waals surface area contributed by atoms with Gasteiger partial charge in [-0.2, -0.15) is 0 Å². The fourth-order valence-electron chi connectivity index (χ4n) is 3.91. The minimum Gasteiger partial charge on any atom is -0.338 e. The van der Waals surface area contributed by atoms with E-state index in [4.69, 9.17) is 0 Å². The topological polar surface area (TPSA) is 23.6 Å². The van der Waals surface area contributed by atoms with E-state index in [2.05, 4.69) is 29.2 Å². The Kier molecular flexibility index (Phi) is 4.66. The molecule has 1 atom stereocenters. The maximum atomic E-state index is 12.5. The number of benzene rings is 2. The molecule has 0 aliphatic carbocycles. The molecule has 2 aromatic rings. The van der Waals surface area contributed by atoms with Crippen molar-refractivity contribution in [3.63, 3.8) is 0 Å². The Balaban J connectivity index is 1.35. The Hall–Kier alpha value is -2.39. The Morgan fingerprint density at radius 3 is 2.56 bits per heavy atom. The van der Waals surface area contributed by atoms with E-state index in [1.54, 1.807) is 6.08 Å². The summed E-state index contributed by atoms with van der Waals surface area (Å²) in [5.41, 5.74) is 4.00. The first-order valence-electron chi connectivity index (χ1n) is 9.12. The molecule has 1 amide bonds. The predicted molar refractivity (Wildman–Crippen MR) is 101 cm³/mol. The van der Waals surface area contributed by atoms with Gasteiger partial charge in [0.25, 0.3) is 0 Å². The number of rotatable bonds is 3. The van der Waals surface area contributed by atoms with Crippen molar-refractivity contribution in [3.05, 3.63) is 77.4 Å². The van der Waals surface area contributed by atoms with Gasteiger partial charge in [0.15, 0.2) is 0 Å². The second kappa shape index (κ2) is 7.24. The van der Waals surface area contributed by atoms with Gasteiger partial charge in [0, 0.05) is 38.3 Å². The van der Waals surface area contributed by atoms with Crippen molar-refractivity contribution in [2.75, 3.05) is 19.6 Å². The summed E-state index contributed by atoms with van der Waals surface area (Å²) in [5.74, 6) is 0.128.